The molecule has 21 nitrogen and oxygen atoms in total. The number of amides is 7. The van der Waals surface area contributed by atoms with Crippen molar-refractivity contribution in [1.29, 1.82) is 0 Å². The van der Waals surface area contributed by atoms with Gasteiger partial charge in [-0.3, -0.25) is 52.4 Å². The van der Waals surface area contributed by atoms with Crippen LogP contribution >= 0.6 is 0 Å². The van der Waals surface area contributed by atoms with Crippen molar-refractivity contribution in [1.82, 2.24) is 30.7 Å². The third kappa shape index (κ3) is 9.07. The molecule has 3 aliphatic rings. The van der Waals surface area contributed by atoms with E-state index in [1.807, 2.05) is 0 Å². The summed E-state index contributed by atoms with van der Waals surface area (Å²) in [4.78, 5) is 127. The van der Waals surface area contributed by atoms with E-state index in [0.29, 0.717) is 9.80 Å². The number of hydrogen-bond donors (Lipinski definition) is 3. The molecular formula is C30H31N6NaO15S. The molecule has 53 heavy (non-hydrogen) atoms. The molecule has 278 valence electrons. The van der Waals surface area contributed by atoms with Crippen LogP contribution in [0.3, 0.4) is 0 Å². The predicted molar refractivity (Wildman–Crippen MR) is 167 cm³/mol. The SMILES string of the molecule is CCN1CCN(C(=O)NC(C(=O)NC(OC(C)=O)C2=C(C(=O)[O-])N3C(=O)[C@@H](NC=O)[C@H]3S(=O)C2)c2ccc(OC(C)=O)c(OC(C)=O)c2)C(=O)C1=O.[Na+]. The van der Waals surface area contributed by atoms with Gasteiger partial charge in [0.05, 0.1) is 28.2 Å². The number of carboxylic acids is 1. The van der Waals surface area contributed by atoms with Gasteiger partial charge in [0, 0.05) is 46.0 Å². The van der Waals surface area contributed by atoms with E-state index in [1.54, 1.807) is 6.92 Å². The van der Waals surface area contributed by atoms with Crippen molar-refractivity contribution in [3.8, 4) is 11.5 Å². The molecule has 0 bridgehead atoms. The number of piperazine rings is 1. The second kappa shape index (κ2) is 17.6. The number of ether oxygens (including phenoxy) is 3. The fourth-order valence-corrected chi connectivity index (χ4v) is 7.21. The first kappa shape index (κ1) is 42.2. The Morgan fingerprint density at radius 2 is 1.60 bits per heavy atom. The number of likely N-dealkylation sites (N-methyl/N-ethyl adjacent to an activating group) is 1. The van der Waals surface area contributed by atoms with Crippen molar-refractivity contribution in [3.63, 3.8) is 0 Å². The molecule has 0 aliphatic carbocycles. The Balaban J connectivity index is 0.00000756. The van der Waals surface area contributed by atoms with E-state index in [2.05, 4.69) is 16.0 Å². The van der Waals surface area contributed by atoms with Crippen molar-refractivity contribution in [2.75, 3.05) is 25.4 Å². The standard InChI is InChI=1S/C30H32N6O15S.Na/c1-5-34-8-9-35(27(44)26(34)43)30(47)32-20(16-6-7-18(49-13(2)38)19(10-16)50-14(3)39)23(41)33-24(51-15(4)40)17-11-52(48)28-21(31-12-37)25(42)36(28)22(17)29(45)46;/h6-7,10,12,20-21,24,28H,5,8-9,11H2,1-4H3,(H,31,37)(H,32,47)(H,33,41)(H,45,46);/q;+1/p-1/t20?,21-,24?,28-,52?;/m1./s1. The molecule has 3 heterocycles. The number of nitrogens with zero attached hydrogens (tertiary/aromatic N) is 3. The monoisotopic (exact) mass is 770 g/mol. The summed E-state index contributed by atoms with van der Waals surface area (Å²) < 4.78 is 28.6. The minimum atomic E-state index is -2.13. The van der Waals surface area contributed by atoms with Crippen LogP contribution in [0.4, 0.5) is 4.79 Å². The number of hydrogen-bond acceptors (Lipinski definition) is 15. The summed E-state index contributed by atoms with van der Waals surface area (Å²) in [6, 6.07) is -1.28. The van der Waals surface area contributed by atoms with E-state index in [9.17, 15) is 57.3 Å². The minimum Gasteiger partial charge on any atom is -0.543 e. The summed E-state index contributed by atoms with van der Waals surface area (Å²) >= 11 is 0. The van der Waals surface area contributed by atoms with Gasteiger partial charge in [0.25, 0.3) is 5.91 Å². The molecule has 23 heteroatoms. The molecule has 3 aliphatic heterocycles. The molecule has 0 spiro atoms. The van der Waals surface area contributed by atoms with Crippen molar-refractivity contribution in [2.45, 2.75) is 51.4 Å². The third-order valence-corrected chi connectivity index (χ3v) is 9.36. The number of rotatable bonds is 12. The summed E-state index contributed by atoms with van der Waals surface area (Å²) in [7, 11) is -2.13. The second-order valence-electron chi connectivity index (χ2n) is 11.2. The molecule has 7 amide bonds. The van der Waals surface area contributed by atoms with Crippen LogP contribution in [0.5, 0.6) is 11.5 Å². The van der Waals surface area contributed by atoms with Crippen LogP contribution in [0.15, 0.2) is 29.5 Å². The first-order valence-corrected chi connectivity index (χ1v) is 16.6. The number of carboxylic acid groups (broad SMARTS) is 1. The first-order valence-electron chi connectivity index (χ1n) is 15.2. The molecule has 3 N–H and O–H groups in total. The molecule has 2 saturated heterocycles. The van der Waals surface area contributed by atoms with Gasteiger partial charge < -0.3 is 45.0 Å². The van der Waals surface area contributed by atoms with Gasteiger partial charge in [-0.25, -0.2) is 4.79 Å². The molecule has 1 aromatic rings. The van der Waals surface area contributed by atoms with Crippen LogP contribution in [0, 0.1) is 0 Å². The number of benzene rings is 1. The molecule has 2 fully saturated rings. The normalized spacial score (nSPS) is 20.4. The van der Waals surface area contributed by atoms with Gasteiger partial charge in [-0.1, -0.05) is 6.07 Å². The number of urea groups is 1. The Bertz CT molecular complexity index is 1840. The number of esters is 3. The zero-order valence-electron chi connectivity index (χ0n) is 28.8. The molecule has 4 rings (SSSR count). The number of imide groups is 1. The zero-order valence-corrected chi connectivity index (χ0v) is 31.6. The Labute approximate surface area is 324 Å². The van der Waals surface area contributed by atoms with E-state index < -0.39 is 111 Å². The Hall–Kier alpha value is -5.19. The summed E-state index contributed by atoms with van der Waals surface area (Å²) in [6.45, 7) is 4.42. The predicted octanol–water partition coefficient (Wildman–Crippen LogP) is -6.96. The van der Waals surface area contributed by atoms with Crippen LogP contribution in [0.1, 0.15) is 39.3 Å². The van der Waals surface area contributed by atoms with Crippen LogP contribution in [-0.4, -0.2) is 122 Å². The fourth-order valence-electron chi connectivity index (χ4n) is 5.50. The van der Waals surface area contributed by atoms with Crippen LogP contribution in [-0.2, 0) is 58.7 Å². The first-order chi connectivity index (χ1) is 24.5. The van der Waals surface area contributed by atoms with E-state index in [-0.39, 0.29) is 66.9 Å². The molecular weight excluding hydrogens is 739 g/mol. The van der Waals surface area contributed by atoms with Crippen molar-refractivity contribution in [2.24, 2.45) is 0 Å². The molecule has 0 saturated carbocycles. The number of carbonyl (C=O) groups excluding carboxylic acids is 10. The average Bonchev–Trinajstić information content (AvgIpc) is 3.06. The van der Waals surface area contributed by atoms with Gasteiger partial charge in [-0.15, -0.1) is 0 Å². The largest absolute Gasteiger partial charge is 1.00 e. The maximum Gasteiger partial charge on any atom is 1.00 e. The Morgan fingerprint density at radius 1 is 0.962 bits per heavy atom. The van der Waals surface area contributed by atoms with Crippen molar-refractivity contribution < 1.29 is 101 Å². The zero-order chi connectivity index (χ0) is 38.6. The molecule has 0 aromatic heterocycles. The quantitative estimate of drug-likeness (QED) is 0.0339. The van der Waals surface area contributed by atoms with Gasteiger partial charge in [0.1, 0.15) is 17.5 Å². The fraction of sp³-hybridized carbons (Fsp3) is 0.400. The minimum absolute atomic E-state index is 0. The smallest absolute Gasteiger partial charge is 0.543 e. The summed E-state index contributed by atoms with van der Waals surface area (Å²) in [5.41, 5.74) is -1.69. The van der Waals surface area contributed by atoms with Gasteiger partial charge in [0.15, 0.2) is 11.5 Å². The maximum atomic E-state index is 14.1. The summed E-state index contributed by atoms with van der Waals surface area (Å²) in [6.07, 6.45) is -1.91. The average molecular weight is 771 g/mol. The number of aliphatic carboxylic acids is 1. The van der Waals surface area contributed by atoms with E-state index in [0.717, 1.165) is 39.0 Å². The van der Waals surface area contributed by atoms with E-state index in [1.165, 1.54) is 4.90 Å². The van der Waals surface area contributed by atoms with Gasteiger partial charge >= 0.3 is 65.3 Å². The van der Waals surface area contributed by atoms with Gasteiger partial charge in [-0.05, 0) is 24.6 Å². The molecule has 0 radical (unpaired) electrons. The topological polar surface area (TPSA) is 284 Å². The van der Waals surface area contributed by atoms with Gasteiger partial charge in [-0.2, -0.15) is 0 Å². The number of nitrogens with one attached hydrogen (secondary N) is 3. The summed E-state index contributed by atoms with van der Waals surface area (Å²) in [5.74, 6) is -10.7. The van der Waals surface area contributed by atoms with Crippen molar-refractivity contribution >= 4 is 70.7 Å². The molecule has 1 aromatic carbocycles. The van der Waals surface area contributed by atoms with E-state index in [4.69, 9.17) is 14.2 Å². The van der Waals surface area contributed by atoms with E-state index >= 15 is 0 Å². The second-order valence-corrected chi connectivity index (χ2v) is 12.7. The van der Waals surface area contributed by atoms with Crippen LogP contribution < -0.4 is 60.1 Å². The van der Waals surface area contributed by atoms with Crippen LogP contribution in [0.2, 0.25) is 0 Å². The number of carbonyl (C=O) groups is 10. The van der Waals surface area contributed by atoms with Gasteiger partial charge in [0.2, 0.25) is 18.5 Å². The Kier molecular flexibility index (Phi) is 14.0. The number of β-lactam (4-membered cyclic amide) rings is 1. The summed E-state index contributed by atoms with van der Waals surface area (Å²) in [5, 5.41) is 17.7. The Morgan fingerprint density at radius 3 is 2.17 bits per heavy atom. The maximum absolute atomic E-state index is 14.1. The molecule has 3 unspecified atom stereocenters. The van der Waals surface area contributed by atoms with Crippen LogP contribution in [0.25, 0.3) is 0 Å². The third-order valence-electron chi connectivity index (χ3n) is 7.74. The molecule has 5 atom stereocenters. The van der Waals surface area contributed by atoms with Crippen molar-refractivity contribution in [3.05, 3.63) is 35.0 Å². The number of fused-ring (bicyclic) bond motifs is 1.